The first-order chi connectivity index (χ1) is 7.90. The van der Waals surface area contributed by atoms with Crippen molar-refractivity contribution in [3.63, 3.8) is 0 Å². The molecule has 1 atom stereocenters. The number of aromatic nitrogens is 1. The van der Waals surface area contributed by atoms with Crippen LogP contribution in [0.3, 0.4) is 0 Å². The van der Waals surface area contributed by atoms with Gasteiger partial charge < -0.3 is 11.1 Å². The third kappa shape index (κ3) is 2.88. The predicted octanol–water partition coefficient (Wildman–Crippen LogP) is 1.93. The Kier molecular flexibility index (Phi) is 4.04. The Bertz CT molecular complexity index is 399. The number of hydrogen-bond acceptors (Lipinski definition) is 4. The molecule has 0 aliphatic carbocycles. The Morgan fingerprint density at radius 3 is 2.94 bits per heavy atom. The topological polar surface area (TPSA) is 50.9 Å². The molecule has 0 amide bonds. The molecule has 0 aliphatic heterocycles. The van der Waals surface area contributed by atoms with Crippen LogP contribution in [0, 0.1) is 0 Å². The number of nitrogens with zero attached hydrogens (tertiary/aromatic N) is 1. The van der Waals surface area contributed by atoms with E-state index >= 15 is 0 Å². The fourth-order valence-electron chi connectivity index (χ4n) is 1.56. The second-order valence-corrected chi connectivity index (χ2v) is 4.57. The third-order valence-corrected chi connectivity index (χ3v) is 3.30. The van der Waals surface area contributed by atoms with Crippen LogP contribution in [0.2, 0.25) is 0 Å². The van der Waals surface area contributed by atoms with Crippen molar-refractivity contribution < 1.29 is 0 Å². The highest BCUT2D eigenvalue weighted by Crippen LogP contribution is 2.13. The van der Waals surface area contributed by atoms with Gasteiger partial charge in [0.15, 0.2) is 0 Å². The van der Waals surface area contributed by atoms with Gasteiger partial charge in [0.05, 0.1) is 0 Å². The van der Waals surface area contributed by atoms with E-state index in [9.17, 15) is 0 Å². The van der Waals surface area contributed by atoms with Crippen molar-refractivity contribution in [1.29, 1.82) is 0 Å². The fraction of sp³-hybridized carbons (Fsp3) is 0.250. The van der Waals surface area contributed by atoms with Crippen LogP contribution in [0.5, 0.6) is 0 Å². The van der Waals surface area contributed by atoms with Gasteiger partial charge in [0.25, 0.3) is 0 Å². The summed E-state index contributed by atoms with van der Waals surface area (Å²) in [7, 11) is 0. The second-order valence-electron chi connectivity index (χ2n) is 3.53. The lowest BCUT2D eigenvalue weighted by atomic mass is 10.1. The molecule has 2 heterocycles. The fourth-order valence-corrected chi connectivity index (χ4v) is 2.21. The van der Waals surface area contributed by atoms with E-state index < -0.39 is 0 Å². The summed E-state index contributed by atoms with van der Waals surface area (Å²) in [6, 6.07) is 8.34. The zero-order valence-corrected chi connectivity index (χ0v) is 9.78. The van der Waals surface area contributed by atoms with Gasteiger partial charge in [-0.2, -0.15) is 0 Å². The lowest BCUT2D eigenvalue weighted by Crippen LogP contribution is -2.27. The molecule has 84 valence electrons. The molecular weight excluding hydrogens is 218 g/mol. The van der Waals surface area contributed by atoms with Crippen LogP contribution in [0.1, 0.15) is 16.5 Å². The van der Waals surface area contributed by atoms with Gasteiger partial charge in [-0.05, 0) is 23.1 Å². The molecular formula is C12H15N3S. The molecule has 0 aliphatic rings. The van der Waals surface area contributed by atoms with Gasteiger partial charge in [0.1, 0.15) is 0 Å². The molecule has 0 radical (unpaired) electrons. The second kappa shape index (κ2) is 5.75. The molecule has 16 heavy (non-hydrogen) atoms. The number of nitrogens with two attached hydrogens (primary N) is 1. The molecule has 0 aromatic carbocycles. The first-order valence-electron chi connectivity index (χ1n) is 5.26. The predicted molar refractivity (Wildman–Crippen MR) is 67.2 cm³/mol. The average molecular weight is 233 g/mol. The minimum atomic E-state index is 0.177. The van der Waals surface area contributed by atoms with Crippen molar-refractivity contribution in [2.75, 3.05) is 6.54 Å². The SMILES string of the molecule is NCC(NCc1cccs1)c1cccnc1. The first kappa shape index (κ1) is 11.3. The summed E-state index contributed by atoms with van der Waals surface area (Å²) in [6.07, 6.45) is 3.63. The minimum Gasteiger partial charge on any atom is -0.329 e. The molecule has 4 heteroatoms. The van der Waals surface area contributed by atoms with Crippen LogP contribution in [-0.4, -0.2) is 11.5 Å². The van der Waals surface area contributed by atoms with Crippen molar-refractivity contribution in [2.45, 2.75) is 12.6 Å². The van der Waals surface area contributed by atoms with E-state index in [2.05, 4.69) is 27.8 Å². The Labute approximate surface area is 99.3 Å². The molecule has 2 rings (SSSR count). The van der Waals surface area contributed by atoms with Crippen molar-refractivity contribution in [2.24, 2.45) is 5.73 Å². The third-order valence-electron chi connectivity index (χ3n) is 2.43. The monoisotopic (exact) mass is 233 g/mol. The average Bonchev–Trinajstić information content (AvgIpc) is 2.84. The van der Waals surface area contributed by atoms with E-state index in [-0.39, 0.29) is 6.04 Å². The van der Waals surface area contributed by atoms with Gasteiger partial charge in [-0.3, -0.25) is 4.98 Å². The number of pyridine rings is 1. The van der Waals surface area contributed by atoms with E-state index in [0.29, 0.717) is 6.54 Å². The lowest BCUT2D eigenvalue weighted by molar-refractivity contribution is 0.544. The number of nitrogens with one attached hydrogen (secondary N) is 1. The molecule has 2 aromatic rings. The van der Waals surface area contributed by atoms with Gasteiger partial charge >= 0.3 is 0 Å². The highest BCUT2D eigenvalue weighted by molar-refractivity contribution is 7.09. The van der Waals surface area contributed by atoms with Gasteiger partial charge in [-0.15, -0.1) is 11.3 Å². The molecule has 2 aromatic heterocycles. The maximum Gasteiger partial charge on any atom is 0.0462 e. The van der Waals surface area contributed by atoms with Crippen LogP contribution in [0.4, 0.5) is 0 Å². The van der Waals surface area contributed by atoms with Gasteiger partial charge in [-0.1, -0.05) is 12.1 Å². The summed E-state index contributed by atoms with van der Waals surface area (Å²) in [6.45, 7) is 1.44. The summed E-state index contributed by atoms with van der Waals surface area (Å²) < 4.78 is 0. The van der Waals surface area contributed by atoms with Crippen molar-refractivity contribution >= 4 is 11.3 Å². The Morgan fingerprint density at radius 1 is 1.38 bits per heavy atom. The number of hydrogen-bond donors (Lipinski definition) is 2. The maximum absolute atomic E-state index is 5.76. The van der Waals surface area contributed by atoms with Crippen LogP contribution >= 0.6 is 11.3 Å². The van der Waals surface area contributed by atoms with Crippen LogP contribution < -0.4 is 11.1 Å². The Morgan fingerprint density at radius 2 is 2.31 bits per heavy atom. The van der Waals surface area contributed by atoms with Crippen molar-refractivity contribution in [3.05, 3.63) is 52.5 Å². The van der Waals surface area contributed by atoms with Crippen molar-refractivity contribution in [1.82, 2.24) is 10.3 Å². The Hall–Kier alpha value is -1.23. The van der Waals surface area contributed by atoms with Gasteiger partial charge in [0.2, 0.25) is 0 Å². The van der Waals surface area contributed by atoms with Crippen LogP contribution in [0.25, 0.3) is 0 Å². The van der Waals surface area contributed by atoms with Crippen molar-refractivity contribution in [3.8, 4) is 0 Å². The summed E-state index contributed by atoms with van der Waals surface area (Å²) in [5.41, 5.74) is 6.90. The Balaban J connectivity index is 1.96. The van der Waals surface area contributed by atoms with E-state index in [4.69, 9.17) is 5.73 Å². The summed E-state index contributed by atoms with van der Waals surface area (Å²) in [5, 5.41) is 5.52. The lowest BCUT2D eigenvalue weighted by Gasteiger charge is -2.16. The quantitative estimate of drug-likeness (QED) is 0.829. The molecule has 3 nitrogen and oxygen atoms in total. The first-order valence-corrected chi connectivity index (χ1v) is 6.14. The number of thiophene rings is 1. The van der Waals surface area contributed by atoms with Gasteiger partial charge in [-0.25, -0.2) is 0 Å². The summed E-state index contributed by atoms with van der Waals surface area (Å²) in [4.78, 5) is 5.43. The van der Waals surface area contributed by atoms with E-state index in [1.54, 1.807) is 17.5 Å². The van der Waals surface area contributed by atoms with Crippen LogP contribution in [0.15, 0.2) is 42.0 Å². The van der Waals surface area contributed by atoms with E-state index in [1.165, 1.54) is 4.88 Å². The number of rotatable bonds is 5. The normalized spacial score (nSPS) is 12.6. The molecule has 0 fully saturated rings. The standard InChI is InChI=1S/C12H15N3S/c13-7-12(10-3-1-5-14-8-10)15-9-11-4-2-6-16-11/h1-6,8,12,15H,7,9,13H2. The highest BCUT2D eigenvalue weighted by Gasteiger charge is 2.08. The largest absolute Gasteiger partial charge is 0.329 e. The smallest absolute Gasteiger partial charge is 0.0462 e. The minimum absolute atomic E-state index is 0.177. The van der Waals surface area contributed by atoms with E-state index in [1.807, 2.05) is 18.3 Å². The molecule has 1 unspecified atom stereocenters. The van der Waals surface area contributed by atoms with Gasteiger partial charge in [0, 0.05) is 36.4 Å². The molecule has 0 saturated heterocycles. The highest BCUT2D eigenvalue weighted by atomic mass is 32.1. The zero-order valence-electron chi connectivity index (χ0n) is 8.97. The zero-order chi connectivity index (χ0) is 11.2. The molecule has 0 saturated carbocycles. The molecule has 0 bridgehead atoms. The molecule has 0 spiro atoms. The summed E-state index contributed by atoms with van der Waals surface area (Å²) in [5.74, 6) is 0. The maximum atomic E-state index is 5.76. The van der Waals surface area contributed by atoms with E-state index in [0.717, 1.165) is 12.1 Å². The van der Waals surface area contributed by atoms with Crippen LogP contribution in [-0.2, 0) is 6.54 Å². The molecule has 3 N–H and O–H groups in total. The summed E-state index contributed by atoms with van der Waals surface area (Å²) >= 11 is 1.75.